The van der Waals surface area contributed by atoms with Gasteiger partial charge >= 0.3 is 0 Å². The molecule has 0 saturated carbocycles. The molecule has 0 unspecified atom stereocenters. The van der Waals surface area contributed by atoms with Gasteiger partial charge in [0.15, 0.2) is 0 Å². The van der Waals surface area contributed by atoms with Gasteiger partial charge in [-0.15, -0.1) is 0 Å². The second kappa shape index (κ2) is 12.8. The van der Waals surface area contributed by atoms with Crippen LogP contribution in [0.4, 0.5) is 17.2 Å². The Kier molecular flexibility index (Phi) is 9.01. The van der Waals surface area contributed by atoms with E-state index in [0.29, 0.717) is 43.2 Å². The second-order valence-electron chi connectivity index (χ2n) is 9.54. The summed E-state index contributed by atoms with van der Waals surface area (Å²) in [4.78, 5) is 39.0. The number of carbonyl (C=O) groups is 2. The largest absolute Gasteiger partial charge is 0.455 e. The number of ether oxygens (including phenoxy) is 1. The number of rotatable bonds is 11. The monoisotopic (exact) mass is 527 g/mol. The van der Waals surface area contributed by atoms with E-state index in [9.17, 15) is 9.59 Å². The lowest BCUT2D eigenvalue weighted by Gasteiger charge is -2.13. The van der Waals surface area contributed by atoms with Gasteiger partial charge in [0.25, 0.3) is 0 Å². The fourth-order valence-corrected chi connectivity index (χ4v) is 3.90. The number of pyridine rings is 1. The first-order valence-electron chi connectivity index (χ1n) is 12.7. The topological polar surface area (TPSA) is 121 Å². The molecule has 0 aliphatic rings. The van der Waals surface area contributed by atoms with Gasteiger partial charge in [0.1, 0.15) is 23.6 Å². The van der Waals surface area contributed by atoms with Gasteiger partial charge < -0.3 is 25.6 Å². The molecular formula is C29H33N7O3. The number of benzene rings is 2. The predicted molar refractivity (Wildman–Crippen MR) is 152 cm³/mol. The van der Waals surface area contributed by atoms with E-state index in [2.05, 4.69) is 30.9 Å². The molecule has 4 aromatic rings. The van der Waals surface area contributed by atoms with Crippen molar-refractivity contribution in [1.29, 1.82) is 0 Å². The van der Waals surface area contributed by atoms with Gasteiger partial charge in [-0.1, -0.05) is 0 Å². The summed E-state index contributed by atoms with van der Waals surface area (Å²) in [6.07, 6.45) is 4.05. The minimum absolute atomic E-state index is 0.0594. The second-order valence-corrected chi connectivity index (χ2v) is 9.54. The van der Waals surface area contributed by atoms with Crippen LogP contribution in [0.5, 0.6) is 11.5 Å². The van der Waals surface area contributed by atoms with E-state index < -0.39 is 0 Å². The number of carbonyl (C=O) groups excluding carboxylic acids is 2. The Balaban J connectivity index is 1.39. The number of likely N-dealkylation sites (N-methyl/N-ethyl adjacent to an activating group) is 1. The molecule has 2 amide bonds. The van der Waals surface area contributed by atoms with Crippen molar-refractivity contribution < 1.29 is 14.3 Å². The maximum absolute atomic E-state index is 12.5. The van der Waals surface area contributed by atoms with E-state index in [-0.39, 0.29) is 11.8 Å². The van der Waals surface area contributed by atoms with Crippen molar-refractivity contribution in [2.75, 3.05) is 37.8 Å². The van der Waals surface area contributed by atoms with E-state index in [1.165, 1.54) is 6.33 Å². The highest BCUT2D eigenvalue weighted by Gasteiger charge is 2.10. The third-order valence-electron chi connectivity index (χ3n) is 5.83. The van der Waals surface area contributed by atoms with Gasteiger partial charge in [0, 0.05) is 35.4 Å². The number of hydrogen-bond donors (Lipinski definition) is 3. The number of aromatic nitrogens is 3. The van der Waals surface area contributed by atoms with Crippen molar-refractivity contribution in [1.82, 2.24) is 25.2 Å². The van der Waals surface area contributed by atoms with Gasteiger partial charge in [0.2, 0.25) is 11.8 Å². The van der Waals surface area contributed by atoms with Gasteiger partial charge in [-0.2, -0.15) is 0 Å². The summed E-state index contributed by atoms with van der Waals surface area (Å²) < 4.78 is 5.98. The molecule has 0 aliphatic carbocycles. The summed E-state index contributed by atoms with van der Waals surface area (Å²) in [5.74, 6) is 1.85. The highest BCUT2D eigenvalue weighted by Crippen LogP contribution is 2.30. The first-order chi connectivity index (χ1) is 18.8. The molecule has 10 nitrogen and oxygen atoms in total. The summed E-state index contributed by atoms with van der Waals surface area (Å²) in [5.41, 5.74) is 4.11. The zero-order valence-corrected chi connectivity index (χ0v) is 22.6. The smallest absolute Gasteiger partial charge is 0.234 e. The van der Waals surface area contributed by atoms with Gasteiger partial charge in [-0.3, -0.25) is 14.6 Å². The number of nitrogens with one attached hydrogen (secondary N) is 3. The SMILES string of the molecule is Cc1ccc(Oc2ccc(Nc3ncnc4ccc(NC(=O)CCCNC(=O)CN(C)C)cc34)cc2C)cn1. The molecule has 202 valence electrons. The molecule has 2 aromatic carbocycles. The number of fused-ring (bicyclic) bond motifs is 1. The van der Waals surface area contributed by atoms with Crippen molar-refractivity contribution in [3.8, 4) is 11.5 Å². The molecule has 2 heterocycles. The molecule has 0 aliphatic heterocycles. The zero-order valence-electron chi connectivity index (χ0n) is 22.6. The lowest BCUT2D eigenvalue weighted by atomic mass is 10.1. The van der Waals surface area contributed by atoms with Crippen molar-refractivity contribution in [3.63, 3.8) is 0 Å². The van der Waals surface area contributed by atoms with Crippen LogP contribution in [0.2, 0.25) is 0 Å². The summed E-state index contributed by atoms with van der Waals surface area (Å²) in [5, 5.41) is 9.87. The van der Waals surface area contributed by atoms with Crippen LogP contribution in [0.25, 0.3) is 10.9 Å². The molecule has 0 fully saturated rings. The molecule has 10 heteroatoms. The zero-order chi connectivity index (χ0) is 27.8. The molecule has 39 heavy (non-hydrogen) atoms. The van der Waals surface area contributed by atoms with Gasteiger partial charge in [0.05, 0.1) is 18.3 Å². The lowest BCUT2D eigenvalue weighted by molar-refractivity contribution is -0.122. The van der Waals surface area contributed by atoms with E-state index >= 15 is 0 Å². The fourth-order valence-electron chi connectivity index (χ4n) is 3.90. The number of amides is 2. The molecule has 0 saturated heterocycles. The van der Waals surface area contributed by atoms with Crippen LogP contribution < -0.4 is 20.7 Å². The van der Waals surface area contributed by atoms with Gasteiger partial charge in [-0.05, 0) is 88.5 Å². The van der Waals surface area contributed by atoms with E-state index in [0.717, 1.165) is 33.6 Å². The Morgan fingerprint density at radius 3 is 2.49 bits per heavy atom. The summed E-state index contributed by atoms with van der Waals surface area (Å²) in [7, 11) is 3.67. The normalized spacial score (nSPS) is 10.9. The molecule has 0 bridgehead atoms. The van der Waals surface area contributed by atoms with Crippen molar-refractivity contribution >= 4 is 39.9 Å². The fraction of sp³-hybridized carbons (Fsp3) is 0.276. The first kappa shape index (κ1) is 27.5. The van der Waals surface area contributed by atoms with Crippen molar-refractivity contribution in [2.45, 2.75) is 26.7 Å². The molecular weight excluding hydrogens is 494 g/mol. The highest BCUT2D eigenvalue weighted by molar-refractivity contribution is 5.97. The van der Waals surface area contributed by atoms with Crippen LogP contribution in [0.15, 0.2) is 61.1 Å². The Labute approximate surface area is 227 Å². The minimum Gasteiger partial charge on any atom is -0.455 e. The van der Waals surface area contributed by atoms with Crippen LogP contribution in [-0.4, -0.2) is 58.9 Å². The Morgan fingerprint density at radius 1 is 0.923 bits per heavy atom. The maximum atomic E-state index is 12.5. The summed E-state index contributed by atoms with van der Waals surface area (Å²) in [6.45, 7) is 4.68. The molecule has 0 atom stereocenters. The van der Waals surface area contributed by atoms with Gasteiger partial charge in [-0.25, -0.2) is 9.97 Å². The van der Waals surface area contributed by atoms with E-state index in [4.69, 9.17) is 4.74 Å². The predicted octanol–water partition coefficient (Wildman–Crippen LogP) is 4.57. The van der Waals surface area contributed by atoms with E-state index in [1.807, 2.05) is 76.5 Å². The third-order valence-corrected chi connectivity index (χ3v) is 5.83. The van der Waals surface area contributed by atoms with Crippen LogP contribution in [0.3, 0.4) is 0 Å². The molecule has 2 aromatic heterocycles. The molecule has 0 radical (unpaired) electrons. The molecule has 0 spiro atoms. The van der Waals surface area contributed by atoms with E-state index in [1.54, 1.807) is 11.1 Å². The number of anilines is 3. The standard InChI is InChI=1S/C29H33N7O3/c1-19-14-21(9-12-26(19)39-23-10-7-20(2)31-16-23)35-29-24-15-22(8-11-25(24)32-18-33-29)34-27(37)6-5-13-30-28(38)17-36(3)4/h7-12,14-16,18H,5-6,13,17H2,1-4H3,(H,30,38)(H,34,37)(H,32,33,35). The Hall–Kier alpha value is -4.57. The van der Waals surface area contributed by atoms with Crippen LogP contribution in [0, 0.1) is 13.8 Å². The van der Waals surface area contributed by atoms with Crippen LogP contribution in [0.1, 0.15) is 24.1 Å². The quantitative estimate of drug-likeness (QED) is 0.243. The van der Waals surface area contributed by atoms with Crippen molar-refractivity contribution in [3.05, 3.63) is 72.3 Å². The number of nitrogens with zero attached hydrogens (tertiary/aromatic N) is 4. The van der Waals surface area contributed by atoms with Crippen LogP contribution in [-0.2, 0) is 9.59 Å². The molecule has 4 rings (SSSR count). The summed E-state index contributed by atoms with van der Waals surface area (Å²) >= 11 is 0. The summed E-state index contributed by atoms with van der Waals surface area (Å²) in [6, 6.07) is 15.1. The number of aryl methyl sites for hydroxylation is 2. The Morgan fingerprint density at radius 2 is 1.74 bits per heavy atom. The average Bonchev–Trinajstić information content (AvgIpc) is 2.89. The Bertz CT molecular complexity index is 1460. The lowest BCUT2D eigenvalue weighted by Crippen LogP contribution is -2.34. The first-order valence-corrected chi connectivity index (χ1v) is 12.7. The average molecular weight is 528 g/mol. The third kappa shape index (κ3) is 7.96. The maximum Gasteiger partial charge on any atom is 0.234 e. The molecule has 3 N–H and O–H groups in total. The van der Waals surface area contributed by atoms with Crippen molar-refractivity contribution in [2.24, 2.45) is 0 Å². The highest BCUT2D eigenvalue weighted by atomic mass is 16.5. The minimum atomic E-state index is -0.127. The van der Waals surface area contributed by atoms with Crippen LogP contribution >= 0.6 is 0 Å². The number of hydrogen-bond acceptors (Lipinski definition) is 8.